The summed E-state index contributed by atoms with van der Waals surface area (Å²) in [6.45, 7) is 2.58. The summed E-state index contributed by atoms with van der Waals surface area (Å²) in [5.74, 6) is 0.0568. The number of hydrogen-bond donors (Lipinski definition) is 4. The number of carbonyl (C=O) groups excluding carboxylic acids is 2. The fraction of sp³-hybridized carbons (Fsp3) is 0.467. The zero-order chi connectivity index (χ0) is 15.1. The summed E-state index contributed by atoms with van der Waals surface area (Å²) in [4.78, 5) is 23.7. The summed E-state index contributed by atoms with van der Waals surface area (Å²) >= 11 is 0. The van der Waals surface area contributed by atoms with Crippen LogP contribution in [0.25, 0.3) is 0 Å². The molecule has 1 aliphatic rings. The molecule has 0 atom stereocenters. The normalized spacial score (nSPS) is 14.7. The number of amides is 2. The molecule has 1 aromatic rings. The lowest BCUT2D eigenvalue weighted by atomic mass is 9.97. The van der Waals surface area contributed by atoms with Gasteiger partial charge < -0.3 is 21.1 Å². The van der Waals surface area contributed by atoms with Crippen molar-refractivity contribution in [2.45, 2.75) is 12.8 Å². The van der Waals surface area contributed by atoms with Crippen molar-refractivity contribution in [3.63, 3.8) is 0 Å². The first-order valence-corrected chi connectivity index (χ1v) is 7.22. The van der Waals surface area contributed by atoms with Gasteiger partial charge in [0.1, 0.15) is 5.75 Å². The molecule has 1 aliphatic heterocycles. The number of nitrogens with one attached hydrogen (secondary N) is 3. The summed E-state index contributed by atoms with van der Waals surface area (Å²) in [5.41, 5.74) is 0.484. The number of halogens is 1. The summed E-state index contributed by atoms with van der Waals surface area (Å²) < 4.78 is 0. The molecule has 0 saturated carbocycles. The van der Waals surface area contributed by atoms with Gasteiger partial charge in [0, 0.05) is 24.6 Å². The number of phenols is 1. The third-order valence-corrected chi connectivity index (χ3v) is 3.55. The minimum Gasteiger partial charge on any atom is -0.508 e. The number of hydrogen-bond acceptors (Lipinski definition) is 4. The molecule has 7 heteroatoms. The molecule has 1 aromatic carbocycles. The van der Waals surface area contributed by atoms with Gasteiger partial charge in [0.05, 0.1) is 0 Å². The maximum atomic E-state index is 11.9. The van der Waals surface area contributed by atoms with Gasteiger partial charge in [-0.2, -0.15) is 0 Å². The molecule has 2 rings (SSSR count). The Labute approximate surface area is 136 Å². The molecule has 0 radical (unpaired) electrons. The van der Waals surface area contributed by atoms with Gasteiger partial charge in [-0.3, -0.25) is 9.59 Å². The second kappa shape index (κ2) is 9.27. The zero-order valence-corrected chi connectivity index (χ0v) is 13.1. The predicted octanol–water partition coefficient (Wildman–Crippen LogP) is 0.660. The molecule has 0 unspecified atom stereocenters. The molecule has 0 aromatic heterocycles. The van der Waals surface area contributed by atoms with Crippen molar-refractivity contribution in [2.24, 2.45) is 5.92 Å². The Kier molecular flexibility index (Phi) is 7.70. The lowest BCUT2D eigenvalue weighted by molar-refractivity contribution is -0.125. The number of carbonyl (C=O) groups is 2. The molecule has 2 amide bonds. The lowest BCUT2D eigenvalue weighted by Crippen LogP contribution is -2.41. The van der Waals surface area contributed by atoms with E-state index in [0.29, 0.717) is 18.7 Å². The van der Waals surface area contributed by atoms with E-state index in [2.05, 4.69) is 16.0 Å². The first kappa shape index (κ1) is 18.3. The van der Waals surface area contributed by atoms with Crippen LogP contribution >= 0.6 is 12.4 Å². The lowest BCUT2D eigenvalue weighted by Gasteiger charge is -2.21. The van der Waals surface area contributed by atoms with Crippen LogP contribution in [0.5, 0.6) is 5.75 Å². The summed E-state index contributed by atoms with van der Waals surface area (Å²) in [5, 5.41) is 17.9. The fourth-order valence-electron chi connectivity index (χ4n) is 2.31. The van der Waals surface area contributed by atoms with E-state index in [0.717, 1.165) is 25.9 Å². The maximum absolute atomic E-state index is 11.9. The Hall–Kier alpha value is -1.79. The van der Waals surface area contributed by atoms with Gasteiger partial charge in [-0.15, -0.1) is 12.4 Å². The van der Waals surface area contributed by atoms with Crippen molar-refractivity contribution in [3.05, 3.63) is 29.8 Å². The van der Waals surface area contributed by atoms with Crippen LogP contribution < -0.4 is 16.0 Å². The molecule has 1 fully saturated rings. The second-order valence-electron chi connectivity index (χ2n) is 5.12. The van der Waals surface area contributed by atoms with E-state index >= 15 is 0 Å². The van der Waals surface area contributed by atoms with Crippen LogP contribution in [0.4, 0.5) is 0 Å². The Bertz CT molecular complexity index is 487. The number of rotatable bonds is 5. The van der Waals surface area contributed by atoms with E-state index in [4.69, 9.17) is 5.11 Å². The average molecular weight is 328 g/mol. The third kappa shape index (κ3) is 5.54. The standard InChI is InChI=1S/C15H21N3O3.ClH/c19-13-3-1-11(2-4-13)14(20)17-9-10-18-15(21)12-5-7-16-8-6-12;/h1-4,12,16,19H,5-10H2,(H,17,20)(H,18,21);1H. The molecule has 1 saturated heterocycles. The molecular formula is C15H22ClN3O3. The van der Waals surface area contributed by atoms with Crippen LogP contribution in [0.1, 0.15) is 23.2 Å². The highest BCUT2D eigenvalue weighted by atomic mass is 35.5. The molecular weight excluding hydrogens is 306 g/mol. The molecule has 0 aliphatic carbocycles. The van der Waals surface area contributed by atoms with Gasteiger partial charge in [0.2, 0.25) is 5.91 Å². The molecule has 0 bridgehead atoms. The largest absolute Gasteiger partial charge is 0.508 e. The van der Waals surface area contributed by atoms with Gasteiger partial charge in [-0.25, -0.2) is 0 Å². The van der Waals surface area contributed by atoms with Crippen LogP contribution in [0.2, 0.25) is 0 Å². The van der Waals surface area contributed by atoms with Crippen molar-refractivity contribution in [1.29, 1.82) is 0 Å². The van der Waals surface area contributed by atoms with E-state index in [1.54, 1.807) is 12.1 Å². The van der Waals surface area contributed by atoms with Crippen molar-refractivity contribution < 1.29 is 14.7 Å². The summed E-state index contributed by atoms with van der Waals surface area (Å²) in [6, 6.07) is 6.04. The smallest absolute Gasteiger partial charge is 0.251 e. The SMILES string of the molecule is Cl.O=C(NCCNC(=O)C1CCNCC1)c1ccc(O)cc1. The Morgan fingerprint density at radius 3 is 2.32 bits per heavy atom. The minimum atomic E-state index is -0.217. The maximum Gasteiger partial charge on any atom is 0.251 e. The highest BCUT2D eigenvalue weighted by molar-refractivity contribution is 5.94. The molecule has 122 valence electrons. The molecule has 22 heavy (non-hydrogen) atoms. The van der Waals surface area contributed by atoms with E-state index in [9.17, 15) is 9.59 Å². The first-order chi connectivity index (χ1) is 10.2. The number of benzene rings is 1. The monoisotopic (exact) mass is 327 g/mol. The van der Waals surface area contributed by atoms with Crippen LogP contribution in [0.3, 0.4) is 0 Å². The van der Waals surface area contributed by atoms with Crippen LogP contribution in [0.15, 0.2) is 24.3 Å². The van der Waals surface area contributed by atoms with Gasteiger partial charge >= 0.3 is 0 Å². The van der Waals surface area contributed by atoms with E-state index in [-0.39, 0.29) is 35.9 Å². The van der Waals surface area contributed by atoms with Crippen LogP contribution in [0, 0.1) is 5.92 Å². The van der Waals surface area contributed by atoms with Crippen molar-refractivity contribution in [2.75, 3.05) is 26.2 Å². The van der Waals surface area contributed by atoms with Crippen molar-refractivity contribution in [3.8, 4) is 5.75 Å². The molecule has 4 N–H and O–H groups in total. The van der Waals surface area contributed by atoms with Crippen molar-refractivity contribution in [1.82, 2.24) is 16.0 Å². The van der Waals surface area contributed by atoms with Gasteiger partial charge in [-0.05, 0) is 50.2 Å². The van der Waals surface area contributed by atoms with E-state index in [1.165, 1.54) is 12.1 Å². The Morgan fingerprint density at radius 1 is 1.09 bits per heavy atom. The van der Waals surface area contributed by atoms with Gasteiger partial charge in [-0.1, -0.05) is 0 Å². The van der Waals surface area contributed by atoms with Crippen LogP contribution in [-0.4, -0.2) is 43.1 Å². The van der Waals surface area contributed by atoms with E-state index in [1.807, 2.05) is 0 Å². The average Bonchev–Trinajstić information content (AvgIpc) is 2.52. The van der Waals surface area contributed by atoms with Crippen LogP contribution in [-0.2, 0) is 4.79 Å². The Balaban J connectivity index is 0.00000242. The quantitative estimate of drug-likeness (QED) is 0.598. The van der Waals surface area contributed by atoms with Gasteiger partial charge in [0.15, 0.2) is 0 Å². The Morgan fingerprint density at radius 2 is 1.68 bits per heavy atom. The molecule has 6 nitrogen and oxygen atoms in total. The topological polar surface area (TPSA) is 90.5 Å². The predicted molar refractivity (Wildman–Crippen MR) is 86.3 cm³/mol. The van der Waals surface area contributed by atoms with Gasteiger partial charge in [0.25, 0.3) is 5.91 Å². The number of piperidine rings is 1. The highest BCUT2D eigenvalue weighted by Gasteiger charge is 2.20. The third-order valence-electron chi connectivity index (χ3n) is 3.55. The minimum absolute atomic E-state index is 0. The summed E-state index contributed by atoms with van der Waals surface area (Å²) in [7, 11) is 0. The van der Waals surface area contributed by atoms with Crippen molar-refractivity contribution >= 4 is 24.2 Å². The summed E-state index contributed by atoms with van der Waals surface area (Å²) in [6.07, 6.45) is 1.73. The fourth-order valence-corrected chi connectivity index (χ4v) is 2.31. The first-order valence-electron chi connectivity index (χ1n) is 7.22. The molecule has 0 spiro atoms. The van der Waals surface area contributed by atoms with E-state index < -0.39 is 0 Å². The molecule has 1 heterocycles. The number of aromatic hydroxyl groups is 1. The highest BCUT2D eigenvalue weighted by Crippen LogP contribution is 2.11. The zero-order valence-electron chi connectivity index (χ0n) is 12.3. The number of phenolic OH excluding ortho intramolecular Hbond substituents is 1. The second-order valence-corrected chi connectivity index (χ2v) is 5.12.